The molecule has 2 aromatic heterocycles. The lowest BCUT2D eigenvalue weighted by Crippen LogP contribution is -2.30. The van der Waals surface area contributed by atoms with Crippen LogP contribution < -0.4 is 9.80 Å². The van der Waals surface area contributed by atoms with Gasteiger partial charge < -0.3 is 18.9 Å². The largest absolute Gasteiger partial charge is 0.310 e. The summed E-state index contributed by atoms with van der Waals surface area (Å²) in [6, 6.07) is 130. The van der Waals surface area contributed by atoms with Gasteiger partial charge in [-0.15, -0.1) is 0 Å². The normalized spacial score (nSPS) is 12.4. The maximum absolute atomic E-state index is 2.51. The first-order valence-electron chi connectivity index (χ1n) is 30.7. The Morgan fingerprint density at radius 1 is 0.202 bits per heavy atom. The van der Waals surface area contributed by atoms with Crippen molar-refractivity contribution >= 4 is 77.7 Å². The molecule has 0 saturated carbocycles. The van der Waals surface area contributed by atoms with E-state index in [1.807, 2.05) is 0 Å². The van der Waals surface area contributed by atoms with Crippen LogP contribution in [0.4, 0.5) is 34.1 Å². The fourth-order valence-corrected chi connectivity index (χ4v) is 14.6. The Kier molecular flexibility index (Phi) is 12.4. The second kappa shape index (κ2) is 21.4. The number of fused-ring (bicyclic) bond motifs is 9. The average Bonchev–Trinajstić information content (AvgIpc) is 1.60. The van der Waals surface area contributed by atoms with E-state index in [4.69, 9.17) is 0 Å². The van der Waals surface area contributed by atoms with Gasteiger partial charge in [0, 0.05) is 67.0 Å². The molecule has 0 unspecified atom stereocenters. The van der Waals surface area contributed by atoms with E-state index in [0.29, 0.717) is 0 Å². The summed E-state index contributed by atoms with van der Waals surface area (Å²) in [5.74, 6) is 0. The maximum Gasteiger partial charge on any atom is 0.0727 e. The summed E-state index contributed by atoms with van der Waals surface area (Å²) >= 11 is 0. The molecule has 14 aromatic carbocycles. The Labute approximate surface area is 518 Å². The van der Waals surface area contributed by atoms with Gasteiger partial charge in [-0.3, -0.25) is 0 Å². The monoisotopic (exact) mass is 1130 g/mol. The summed E-state index contributed by atoms with van der Waals surface area (Å²) in [4.78, 5) is 4.86. The first-order chi connectivity index (χ1) is 44.2. The van der Waals surface area contributed by atoms with E-state index >= 15 is 0 Å². The van der Waals surface area contributed by atoms with Crippen molar-refractivity contribution in [2.45, 2.75) is 5.41 Å². The van der Waals surface area contributed by atoms with Crippen molar-refractivity contribution in [1.82, 2.24) is 9.13 Å². The molecule has 0 bridgehead atoms. The number of para-hydroxylation sites is 6. The van der Waals surface area contributed by atoms with Crippen LogP contribution in [0.3, 0.4) is 0 Å². The molecule has 4 heteroatoms. The van der Waals surface area contributed by atoms with Crippen molar-refractivity contribution < 1.29 is 0 Å². The fourth-order valence-electron chi connectivity index (χ4n) is 14.6. The maximum atomic E-state index is 2.51. The summed E-state index contributed by atoms with van der Waals surface area (Å²) in [7, 11) is 0. The molecule has 1 aliphatic carbocycles. The highest BCUT2D eigenvalue weighted by Gasteiger charge is 2.49. The van der Waals surface area contributed by atoms with Crippen molar-refractivity contribution in [2.75, 3.05) is 9.80 Å². The molecule has 0 saturated heterocycles. The van der Waals surface area contributed by atoms with Crippen LogP contribution in [0.2, 0.25) is 0 Å². The number of nitrogens with zero attached hydrogens (tertiary/aromatic N) is 4. The highest BCUT2D eigenvalue weighted by atomic mass is 15.2. The van der Waals surface area contributed by atoms with E-state index in [1.165, 1.54) is 88.1 Å². The van der Waals surface area contributed by atoms with E-state index in [1.54, 1.807) is 0 Å². The molecule has 0 fully saturated rings. The lowest BCUT2D eigenvalue weighted by Gasteiger charge is -2.38. The van der Waals surface area contributed by atoms with E-state index in [2.05, 4.69) is 371 Å². The lowest BCUT2D eigenvalue weighted by atomic mass is 9.64. The molecular weight excluding hydrogens is 1080 g/mol. The molecule has 16 aromatic rings. The highest BCUT2D eigenvalue weighted by molar-refractivity contribution is 6.10. The van der Waals surface area contributed by atoms with Crippen LogP contribution in [-0.2, 0) is 5.41 Å². The Balaban J connectivity index is 0.906. The third-order valence-corrected chi connectivity index (χ3v) is 18.4. The standard InChI is InChI=1S/C85H58N4/c1-5-25-59(26-6-1)69-33-13-19-39-77(69)85(78-40-20-14-34-70(78)60-27-7-2-8-28-60)79-57-67(86(61-29-9-3-10-30-61)63-45-49-65(50-46-63)88-81-41-21-15-35-73(81)74-36-16-22-42-82(74)88)53-55-71(79)72-56-54-68(58-80(72)85)87(62-31-11-4-12-32-62)64-47-51-66(52-48-64)89-83-43-23-17-37-75(83)76-38-18-24-44-84(76)89/h1-58H. The van der Waals surface area contributed by atoms with Gasteiger partial charge >= 0.3 is 0 Å². The van der Waals surface area contributed by atoms with Crippen molar-refractivity contribution in [2.24, 2.45) is 0 Å². The molecule has 89 heavy (non-hydrogen) atoms. The minimum Gasteiger partial charge on any atom is -0.310 e. The van der Waals surface area contributed by atoms with Crippen LogP contribution in [0.15, 0.2) is 352 Å². The van der Waals surface area contributed by atoms with E-state index in [9.17, 15) is 0 Å². The number of hydrogen-bond donors (Lipinski definition) is 0. The third kappa shape index (κ3) is 8.37. The van der Waals surface area contributed by atoms with Gasteiger partial charge in [0.15, 0.2) is 0 Å². The first kappa shape index (κ1) is 51.7. The van der Waals surface area contributed by atoms with Gasteiger partial charge in [0.1, 0.15) is 0 Å². The predicted molar refractivity (Wildman–Crippen MR) is 373 cm³/mol. The van der Waals surface area contributed by atoms with Crippen LogP contribution in [0.1, 0.15) is 22.3 Å². The van der Waals surface area contributed by atoms with Crippen molar-refractivity contribution in [3.8, 4) is 44.8 Å². The third-order valence-electron chi connectivity index (χ3n) is 18.4. The molecule has 17 rings (SSSR count). The van der Waals surface area contributed by atoms with E-state index < -0.39 is 5.41 Å². The predicted octanol–water partition coefficient (Wildman–Crippen LogP) is 22.5. The molecular formula is C85H58N4. The van der Waals surface area contributed by atoms with E-state index in [0.717, 1.165) is 56.6 Å². The topological polar surface area (TPSA) is 16.3 Å². The molecule has 0 amide bonds. The molecule has 0 spiro atoms. The van der Waals surface area contributed by atoms with Gasteiger partial charge in [0.05, 0.1) is 27.5 Å². The van der Waals surface area contributed by atoms with Gasteiger partial charge in [-0.05, 0) is 177 Å². The van der Waals surface area contributed by atoms with E-state index in [-0.39, 0.29) is 0 Å². The fraction of sp³-hybridized carbons (Fsp3) is 0.0118. The number of rotatable bonds is 12. The minimum absolute atomic E-state index is 0.888. The number of aromatic nitrogens is 2. The summed E-state index contributed by atoms with van der Waals surface area (Å²) in [6.07, 6.45) is 0. The van der Waals surface area contributed by atoms with Crippen LogP contribution >= 0.6 is 0 Å². The minimum atomic E-state index is -0.888. The molecule has 418 valence electrons. The SMILES string of the molecule is c1ccc(-c2ccccc2C2(c3ccccc3-c3ccccc3)c3cc(N(c4ccccc4)c4ccc(-n5c6ccccc6c6ccccc65)cc4)ccc3-c3ccc(N(c4ccccc4)c4ccc(-n5c6ccccc6c6ccccc65)cc4)cc32)cc1. The zero-order chi connectivity index (χ0) is 58.8. The lowest BCUT2D eigenvalue weighted by molar-refractivity contribution is 0.772. The van der Waals surface area contributed by atoms with Gasteiger partial charge in [-0.2, -0.15) is 0 Å². The van der Waals surface area contributed by atoms with Gasteiger partial charge in [-0.25, -0.2) is 0 Å². The number of hydrogen-bond acceptors (Lipinski definition) is 2. The molecule has 0 atom stereocenters. The Morgan fingerprint density at radius 3 is 0.843 bits per heavy atom. The van der Waals surface area contributed by atoms with Crippen LogP contribution in [0.25, 0.3) is 88.4 Å². The number of benzene rings is 14. The number of anilines is 6. The van der Waals surface area contributed by atoms with Gasteiger partial charge in [0.25, 0.3) is 0 Å². The summed E-state index contributed by atoms with van der Waals surface area (Å²) in [6.45, 7) is 0. The smallest absolute Gasteiger partial charge is 0.0727 e. The molecule has 0 aliphatic heterocycles. The second-order valence-electron chi connectivity index (χ2n) is 23.1. The highest BCUT2D eigenvalue weighted by Crippen LogP contribution is 2.61. The van der Waals surface area contributed by atoms with Crippen LogP contribution in [-0.4, -0.2) is 9.13 Å². The Hall–Kier alpha value is -11.7. The van der Waals surface area contributed by atoms with Crippen molar-refractivity contribution in [3.05, 3.63) is 374 Å². The van der Waals surface area contributed by atoms with Crippen molar-refractivity contribution in [1.29, 1.82) is 0 Å². The average molecular weight is 1140 g/mol. The summed E-state index contributed by atoms with van der Waals surface area (Å²) < 4.78 is 4.79. The molecule has 4 nitrogen and oxygen atoms in total. The first-order valence-corrected chi connectivity index (χ1v) is 30.7. The zero-order valence-corrected chi connectivity index (χ0v) is 48.8. The Bertz CT molecular complexity index is 4860. The molecule has 2 heterocycles. The summed E-state index contributed by atoms with van der Waals surface area (Å²) in [5.41, 5.74) is 24.3. The van der Waals surface area contributed by atoms with Crippen LogP contribution in [0, 0.1) is 0 Å². The van der Waals surface area contributed by atoms with Gasteiger partial charge in [-0.1, -0.05) is 231 Å². The summed E-state index contributed by atoms with van der Waals surface area (Å²) in [5, 5.41) is 4.98. The Morgan fingerprint density at radius 2 is 0.483 bits per heavy atom. The van der Waals surface area contributed by atoms with Crippen molar-refractivity contribution in [3.63, 3.8) is 0 Å². The molecule has 0 N–H and O–H groups in total. The van der Waals surface area contributed by atoms with Gasteiger partial charge in [0.2, 0.25) is 0 Å². The zero-order valence-electron chi connectivity index (χ0n) is 48.8. The van der Waals surface area contributed by atoms with Crippen LogP contribution in [0.5, 0.6) is 0 Å². The second-order valence-corrected chi connectivity index (χ2v) is 23.1. The molecule has 0 radical (unpaired) electrons. The molecule has 1 aliphatic rings. The quantitative estimate of drug-likeness (QED) is 0.121.